The van der Waals surface area contributed by atoms with Gasteiger partial charge < -0.3 is 10.7 Å². The van der Waals surface area contributed by atoms with Gasteiger partial charge >= 0.3 is 0 Å². The van der Waals surface area contributed by atoms with Gasteiger partial charge in [-0.3, -0.25) is 4.72 Å². The zero-order valence-corrected chi connectivity index (χ0v) is 11.7. The van der Waals surface area contributed by atoms with Crippen LogP contribution in [0.4, 0.5) is 5.69 Å². The maximum absolute atomic E-state index is 12.1. The van der Waals surface area contributed by atoms with Crippen molar-refractivity contribution in [2.45, 2.75) is 11.9 Å². The third-order valence-corrected chi connectivity index (χ3v) is 3.90. The molecule has 1 aromatic heterocycles. The molecule has 1 aromatic carbocycles. The first-order valence-electron chi connectivity index (χ1n) is 5.33. The number of nitrogens with one attached hydrogen (secondary N) is 2. The van der Waals surface area contributed by atoms with Crippen LogP contribution in [-0.2, 0) is 10.0 Å². The average molecular weight is 296 g/mol. The van der Waals surface area contributed by atoms with Crippen molar-refractivity contribution in [1.29, 1.82) is 0 Å². The van der Waals surface area contributed by atoms with Crippen LogP contribution in [0, 0.1) is 6.92 Å². The highest BCUT2D eigenvalue weighted by Gasteiger charge is 2.18. The van der Waals surface area contributed by atoms with E-state index in [9.17, 15) is 8.42 Å². The van der Waals surface area contributed by atoms with Gasteiger partial charge in [0.05, 0.1) is 11.9 Å². The summed E-state index contributed by atoms with van der Waals surface area (Å²) in [5.74, 6) is 0.517. The molecule has 0 amide bonds. The fourth-order valence-corrected chi connectivity index (χ4v) is 2.75. The van der Waals surface area contributed by atoms with Crippen molar-refractivity contribution in [3.63, 3.8) is 0 Å². The molecule has 0 saturated carbocycles. The van der Waals surface area contributed by atoms with Crippen LogP contribution in [0.25, 0.3) is 0 Å². The van der Waals surface area contributed by atoms with Gasteiger partial charge in [0.2, 0.25) is 0 Å². The number of rotatable bonds is 4. The zero-order chi connectivity index (χ0) is 14.0. The van der Waals surface area contributed by atoms with Crippen molar-refractivity contribution in [1.82, 2.24) is 9.97 Å². The molecule has 100 valence electrons. The quantitative estimate of drug-likeness (QED) is 0.735. The largest absolute Gasteiger partial charge is 0.389 e. The Morgan fingerprint density at radius 1 is 1.42 bits per heavy atom. The van der Waals surface area contributed by atoms with Crippen molar-refractivity contribution in [3.05, 3.63) is 41.9 Å². The van der Waals surface area contributed by atoms with Crippen molar-refractivity contribution >= 4 is 32.9 Å². The van der Waals surface area contributed by atoms with Crippen molar-refractivity contribution in [2.24, 2.45) is 5.73 Å². The fourth-order valence-electron chi connectivity index (χ4n) is 1.52. The standard InChI is InChI=1S/C11H12N4O2S2/c1-7-13-6-10(14-7)19(16,17)15-9-5-3-2-4-8(9)11(12)18/h2-6,15H,1H3,(H2,12,18)(H,13,14). The predicted octanol–water partition coefficient (Wildman–Crippen LogP) is 1.15. The molecule has 0 radical (unpaired) electrons. The van der Waals surface area contributed by atoms with Crippen LogP contribution in [-0.4, -0.2) is 23.4 Å². The molecule has 0 spiro atoms. The lowest BCUT2D eigenvalue weighted by molar-refractivity contribution is 0.598. The molecule has 0 bridgehead atoms. The molecule has 0 saturated heterocycles. The van der Waals surface area contributed by atoms with Crippen molar-refractivity contribution in [2.75, 3.05) is 4.72 Å². The number of sulfonamides is 1. The second-order valence-electron chi connectivity index (χ2n) is 3.85. The highest BCUT2D eigenvalue weighted by Crippen LogP contribution is 2.19. The molecule has 6 nitrogen and oxygen atoms in total. The van der Waals surface area contributed by atoms with E-state index in [1.54, 1.807) is 31.2 Å². The number of imidazole rings is 1. The minimum absolute atomic E-state index is 0.0113. The number of H-pyrrole nitrogens is 1. The van der Waals surface area contributed by atoms with E-state index in [-0.39, 0.29) is 10.0 Å². The van der Waals surface area contributed by atoms with E-state index >= 15 is 0 Å². The van der Waals surface area contributed by atoms with Gasteiger partial charge in [0.15, 0.2) is 5.03 Å². The van der Waals surface area contributed by atoms with Crippen molar-refractivity contribution in [3.8, 4) is 0 Å². The minimum Gasteiger partial charge on any atom is -0.389 e. The molecule has 0 aliphatic carbocycles. The van der Waals surface area contributed by atoms with Gasteiger partial charge in [-0.05, 0) is 19.1 Å². The van der Waals surface area contributed by atoms with Gasteiger partial charge in [0.25, 0.3) is 10.0 Å². The summed E-state index contributed by atoms with van der Waals surface area (Å²) in [6.07, 6.45) is 1.25. The molecular weight excluding hydrogens is 284 g/mol. The molecule has 0 aliphatic rings. The molecule has 2 aromatic rings. The topological polar surface area (TPSA) is 101 Å². The van der Waals surface area contributed by atoms with Crippen LogP contribution in [0.1, 0.15) is 11.4 Å². The van der Waals surface area contributed by atoms with Crippen LogP contribution >= 0.6 is 12.2 Å². The van der Waals surface area contributed by atoms with E-state index < -0.39 is 10.0 Å². The monoisotopic (exact) mass is 296 g/mol. The van der Waals surface area contributed by atoms with Crippen LogP contribution < -0.4 is 10.5 Å². The predicted molar refractivity (Wildman–Crippen MR) is 76.5 cm³/mol. The molecule has 0 atom stereocenters. The number of hydrogen-bond donors (Lipinski definition) is 3. The molecule has 4 N–H and O–H groups in total. The normalized spacial score (nSPS) is 11.2. The average Bonchev–Trinajstić information content (AvgIpc) is 2.76. The van der Waals surface area contributed by atoms with E-state index in [4.69, 9.17) is 18.0 Å². The van der Waals surface area contributed by atoms with Crippen LogP contribution in [0.3, 0.4) is 0 Å². The lowest BCUT2D eigenvalue weighted by Gasteiger charge is -2.10. The lowest BCUT2D eigenvalue weighted by atomic mass is 10.2. The fraction of sp³-hybridized carbons (Fsp3) is 0.0909. The smallest absolute Gasteiger partial charge is 0.279 e. The molecule has 2 rings (SSSR count). The zero-order valence-electron chi connectivity index (χ0n) is 10.0. The van der Waals surface area contributed by atoms with E-state index in [0.29, 0.717) is 17.1 Å². The molecule has 0 fully saturated rings. The maximum Gasteiger partial charge on any atom is 0.279 e. The lowest BCUT2D eigenvalue weighted by Crippen LogP contribution is -2.18. The number of thiocarbonyl (C=S) groups is 1. The summed E-state index contributed by atoms with van der Waals surface area (Å²) in [5, 5.41) is -0.0113. The molecule has 0 unspecified atom stereocenters. The van der Waals surface area contributed by atoms with Gasteiger partial charge in [-0.15, -0.1) is 0 Å². The van der Waals surface area contributed by atoms with Crippen molar-refractivity contribution < 1.29 is 8.42 Å². The Kier molecular flexibility index (Phi) is 3.54. The summed E-state index contributed by atoms with van der Waals surface area (Å²) in [6, 6.07) is 6.66. The van der Waals surface area contributed by atoms with E-state index in [0.717, 1.165) is 0 Å². The molecule has 1 heterocycles. The number of aryl methyl sites for hydroxylation is 1. The highest BCUT2D eigenvalue weighted by molar-refractivity contribution is 7.92. The number of hydrogen-bond acceptors (Lipinski definition) is 4. The Balaban J connectivity index is 2.39. The number of aromatic nitrogens is 2. The van der Waals surface area contributed by atoms with Gasteiger partial charge in [0.1, 0.15) is 10.8 Å². The molecular formula is C11H12N4O2S2. The number of aromatic amines is 1. The Morgan fingerprint density at radius 2 is 2.11 bits per heavy atom. The van der Waals surface area contributed by atoms with Gasteiger partial charge in [-0.25, -0.2) is 4.98 Å². The van der Waals surface area contributed by atoms with Gasteiger partial charge in [-0.1, -0.05) is 24.4 Å². The number of anilines is 1. The second kappa shape index (κ2) is 4.98. The second-order valence-corrected chi connectivity index (χ2v) is 5.94. The third-order valence-electron chi connectivity index (χ3n) is 2.41. The van der Waals surface area contributed by atoms with Crippen LogP contribution in [0.5, 0.6) is 0 Å². The van der Waals surface area contributed by atoms with E-state index in [1.165, 1.54) is 6.20 Å². The van der Waals surface area contributed by atoms with Gasteiger partial charge in [-0.2, -0.15) is 8.42 Å². The summed E-state index contributed by atoms with van der Waals surface area (Å²) in [4.78, 5) is 6.64. The molecule has 8 heteroatoms. The van der Waals surface area contributed by atoms with Crippen LogP contribution in [0.15, 0.2) is 35.5 Å². The Labute approximate surface area is 116 Å². The number of para-hydroxylation sites is 1. The first-order chi connectivity index (χ1) is 8.90. The van der Waals surface area contributed by atoms with E-state index in [2.05, 4.69) is 14.7 Å². The number of nitrogens with two attached hydrogens (primary N) is 1. The van der Waals surface area contributed by atoms with Gasteiger partial charge in [0, 0.05) is 5.56 Å². The number of benzene rings is 1. The SMILES string of the molecule is Cc1ncc(S(=O)(=O)Nc2ccccc2C(N)=S)[nH]1. The first kappa shape index (κ1) is 13.5. The first-order valence-corrected chi connectivity index (χ1v) is 7.22. The van der Waals surface area contributed by atoms with E-state index in [1.807, 2.05) is 0 Å². The summed E-state index contributed by atoms with van der Waals surface area (Å²) < 4.78 is 26.7. The summed E-state index contributed by atoms with van der Waals surface area (Å²) >= 11 is 4.88. The summed E-state index contributed by atoms with van der Waals surface area (Å²) in [5.41, 5.74) is 6.36. The third kappa shape index (κ3) is 2.91. The Bertz CT molecular complexity index is 722. The summed E-state index contributed by atoms with van der Waals surface area (Å²) in [7, 11) is -3.73. The minimum atomic E-state index is -3.73. The van der Waals surface area contributed by atoms with Crippen LogP contribution in [0.2, 0.25) is 0 Å². The molecule has 0 aliphatic heterocycles. The Hall–Kier alpha value is -1.93. The highest BCUT2D eigenvalue weighted by atomic mass is 32.2. The maximum atomic E-state index is 12.1. The number of nitrogens with zero attached hydrogens (tertiary/aromatic N) is 1. The molecule has 19 heavy (non-hydrogen) atoms. The Morgan fingerprint density at radius 3 is 2.68 bits per heavy atom. The summed E-state index contributed by atoms with van der Waals surface area (Å²) in [6.45, 7) is 1.67.